The molecular weight excluding hydrogens is 354 g/mol. The molecule has 0 saturated heterocycles. The molecule has 0 fully saturated rings. The van der Waals surface area contributed by atoms with E-state index in [2.05, 4.69) is 20.6 Å². The summed E-state index contributed by atoms with van der Waals surface area (Å²) in [4.78, 5) is 13.0. The van der Waals surface area contributed by atoms with Crippen LogP contribution >= 0.6 is 0 Å². The van der Waals surface area contributed by atoms with E-state index in [0.29, 0.717) is 16.9 Å². The Balaban J connectivity index is 1.72. The molecule has 0 unspecified atom stereocenters. The zero-order valence-electron chi connectivity index (χ0n) is 15.9. The summed E-state index contributed by atoms with van der Waals surface area (Å²) in [5.41, 5.74) is 4.02. The van der Waals surface area contributed by atoms with Gasteiger partial charge in [0.1, 0.15) is 5.75 Å². The molecule has 142 valence electrons. The number of nitrogens with zero attached hydrogens (tertiary/aromatic N) is 3. The van der Waals surface area contributed by atoms with Crippen LogP contribution < -0.4 is 5.32 Å². The highest BCUT2D eigenvalue weighted by atomic mass is 16.3. The number of anilines is 1. The van der Waals surface area contributed by atoms with Crippen molar-refractivity contribution in [1.29, 1.82) is 0 Å². The second-order valence-electron chi connectivity index (χ2n) is 7.05. The van der Waals surface area contributed by atoms with Crippen LogP contribution in [0.4, 0.5) is 5.82 Å². The zero-order valence-corrected chi connectivity index (χ0v) is 15.9. The van der Waals surface area contributed by atoms with Gasteiger partial charge in [-0.15, -0.1) is 0 Å². The van der Waals surface area contributed by atoms with Gasteiger partial charge in [0.2, 0.25) is 0 Å². The lowest BCUT2D eigenvalue weighted by atomic mass is 10.0. The molecule has 0 aliphatic heterocycles. The van der Waals surface area contributed by atoms with Crippen molar-refractivity contribution < 1.29 is 9.90 Å². The number of phenolic OH excluding ortho intramolecular Hbond substituents is 1. The number of aromatic nitrogens is 4. The number of hydrogen-bond acceptors (Lipinski definition) is 4. The fraction of sp³-hybridized carbons (Fsp3) is 0.190. The molecule has 0 spiro atoms. The number of fused-ring (bicyclic) bond motifs is 1. The van der Waals surface area contributed by atoms with Crippen LogP contribution in [-0.4, -0.2) is 31.0 Å². The molecule has 0 bridgehead atoms. The lowest BCUT2D eigenvalue weighted by Gasteiger charge is -2.14. The fourth-order valence-electron chi connectivity index (χ4n) is 3.36. The smallest absolute Gasteiger partial charge is 0.260 e. The number of hydrogen-bond donors (Lipinski definition) is 3. The van der Waals surface area contributed by atoms with Crippen molar-refractivity contribution in [2.45, 2.75) is 26.7 Å². The topological polar surface area (TPSA) is 95.8 Å². The summed E-state index contributed by atoms with van der Waals surface area (Å²) < 4.78 is 1.83. The van der Waals surface area contributed by atoms with Crippen LogP contribution in [0.5, 0.6) is 5.75 Å². The molecule has 4 aromatic rings. The predicted octanol–water partition coefficient (Wildman–Crippen LogP) is 4.14. The number of H-pyrrole nitrogens is 1. The Morgan fingerprint density at radius 3 is 2.75 bits per heavy atom. The Kier molecular flexibility index (Phi) is 4.35. The van der Waals surface area contributed by atoms with Gasteiger partial charge in [-0.3, -0.25) is 9.89 Å². The second kappa shape index (κ2) is 6.84. The number of nitrogens with one attached hydrogen (secondary N) is 2. The van der Waals surface area contributed by atoms with Gasteiger partial charge in [0, 0.05) is 11.5 Å². The third kappa shape index (κ3) is 3.00. The monoisotopic (exact) mass is 375 g/mol. The van der Waals surface area contributed by atoms with Crippen LogP contribution in [0, 0.1) is 6.92 Å². The number of carbonyl (C=O) groups excluding carboxylic acids is 1. The summed E-state index contributed by atoms with van der Waals surface area (Å²) in [6.45, 7) is 6.09. The van der Waals surface area contributed by atoms with E-state index in [-0.39, 0.29) is 17.6 Å². The standard InChI is InChI=1S/C21H21N5O2/c1-12(2)19-16(11-22-26(19)18-7-5-4-6-13(18)3)21(28)23-20-15-9-8-14(27)10-17(15)24-25-20/h4-12,27H,1-3H3,(H2,23,24,25,28). The molecule has 0 radical (unpaired) electrons. The fourth-order valence-corrected chi connectivity index (χ4v) is 3.36. The average Bonchev–Trinajstić information content (AvgIpc) is 3.26. The van der Waals surface area contributed by atoms with Gasteiger partial charge in [0.25, 0.3) is 5.91 Å². The molecule has 7 heteroatoms. The predicted molar refractivity (Wildman–Crippen MR) is 108 cm³/mol. The number of aryl methyl sites for hydroxylation is 1. The number of aromatic amines is 1. The third-order valence-corrected chi connectivity index (χ3v) is 4.72. The lowest BCUT2D eigenvalue weighted by molar-refractivity contribution is 0.102. The molecule has 2 aromatic carbocycles. The molecule has 1 amide bonds. The molecule has 2 heterocycles. The maximum atomic E-state index is 13.0. The minimum atomic E-state index is -0.273. The maximum absolute atomic E-state index is 13.0. The first-order valence-electron chi connectivity index (χ1n) is 9.08. The van der Waals surface area contributed by atoms with Gasteiger partial charge >= 0.3 is 0 Å². The van der Waals surface area contributed by atoms with E-state index in [0.717, 1.165) is 22.3 Å². The molecule has 2 aromatic heterocycles. The summed E-state index contributed by atoms with van der Waals surface area (Å²) in [5, 5.41) is 24.6. The Morgan fingerprint density at radius 1 is 1.21 bits per heavy atom. The summed E-state index contributed by atoms with van der Waals surface area (Å²) >= 11 is 0. The van der Waals surface area contributed by atoms with E-state index in [9.17, 15) is 9.90 Å². The molecule has 7 nitrogen and oxygen atoms in total. The van der Waals surface area contributed by atoms with Crippen LogP contribution in [-0.2, 0) is 0 Å². The largest absolute Gasteiger partial charge is 0.508 e. The minimum absolute atomic E-state index is 0.0933. The van der Waals surface area contributed by atoms with Gasteiger partial charge in [0.05, 0.1) is 28.7 Å². The van der Waals surface area contributed by atoms with Gasteiger partial charge in [-0.25, -0.2) is 4.68 Å². The molecule has 3 N–H and O–H groups in total. The van der Waals surface area contributed by atoms with Crippen molar-refractivity contribution >= 4 is 22.6 Å². The number of phenols is 1. The van der Waals surface area contributed by atoms with E-state index < -0.39 is 0 Å². The normalized spacial score (nSPS) is 11.3. The van der Waals surface area contributed by atoms with Crippen LogP contribution in [0.25, 0.3) is 16.6 Å². The van der Waals surface area contributed by atoms with E-state index in [1.165, 1.54) is 0 Å². The van der Waals surface area contributed by atoms with Crippen molar-refractivity contribution in [2.24, 2.45) is 0 Å². The Hall–Kier alpha value is -3.61. The van der Waals surface area contributed by atoms with Gasteiger partial charge in [0.15, 0.2) is 5.82 Å². The molecule has 28 heavy (non-hydrogen) atoms. The van der Waals surface area contributed by atoms with Crippen LogP contribution in [0.3, 0.4) is 0 Å². The van der Waals surface area contributed by atoms with Gasteiger partial charge in [-0.1, -0.05) is 32.0 Å². The first-order chi connectivity index (χ1) is 13.5. The lowest BCUT2D eigenvalue weighted by Crippen LogP contribution is -2.16. The van der Waals surface area contributed by atoms with Crippen LogP contribution in [0.2, 0.25) is 0 Å². The molecule has 4 rings (SSSR count). The summed E-state index contributed by atoms with van der Waals surface area (Å²) in [5.74, 6) is 0.370. The van der Waals surface area contributed by atoms with E-state index in [1.807, 2.05) is 49.7 Å². The summed E-state index contributed by atoms with van der Waals surface area (Å²) in [7, 11) is 0. The van der Waals surface area contributed by atoms with Crippen molar-refractivity contribution in [3.63, 3.8) is 0 Å². The molecule has 0 aliphatic carbocycles. The molecule has 0 aliphatic rings. The van der Waals surface area contributed by atoms with Gasteiger partial charge in [-0.2, -0.15) is 10.2 Å². The quantitative estimate of drug-likeness (QED) is 0.499. The van der Waals surface area contributed by atoms with E-state index in [1.54, 1.807) is 24.4 Å². The van der Waals surface area contributed by atoms with Crippen molar-refractivity contribution in [3.8, 4) is 11.4 Å². The minimum Gasteiger partial charge on any atom is -0.508 e. The number of para-hydroxylation sites is 1. The van der Waals surface area contributed by atoms with Crippen molar-refractivity contribution in [3.05, 3.63) is 65.5 Å². The number of carbonyl (C=O) groups is 1. The first kappa shape index (κ1) is 17.8. The summed E-state index contributed by atoms with van der Waals surface area (Å²) in [6, 6.07) is 12.8. The average molecular weight is 375 g/mol. The molecule has 0 atom stereocenters. The maximum Gasteiger partial charge on any atom is 0.260 e. The zero-order chi connectivity index (χ0) is 19.8. The number of benzene rings is 2. The highest BCUT2D eigenvalue weighted by Gasteiger charge is 2.22. The second-order valence-corrected chi connectivity index (χ2v) is 7.05. The molecule has 0 saturated carbocycles. The van der Waals surface area contributed by atoms with Gasteiger partial charge in [-0.05, 0) is 36.6 Å². The SMILES string of the molecule is Cc1ccccc1-n1ncc(C(=O)Nc2n[nH]c3cc(O)ccc23)c1C(C)C. The van der Waals surface area contributed by atoms with E-state index in [4.69, 9.17) is 0 Å². The highest BCUT2D eigenvalue weighted by Crippen LogP contribution is 2.27. The Labute approximate surface area is 162 Å². The van der Waals surface area contributed by atoms with Crippen LogP contribution in [0.1, 0.15) is 41.4 Å². The Bertz CT molecular complexity index is 1170. The highest BCUT2D eigenvalue weighted by molar-refractivity contribution is 6.08. The summed E-state index contributed by atoms with van der Waals surface area (Å²) in [6.07, 6.45) is 1.60. The number of amides is 1. The first-order valence-corrected chi connectivity index (χ1v) is 9.08. The number of aromatic hydroxyl groups is 1. The third-order valence-electron chi connectivity index (χ3n) is 4.72. The van der Waals surface area contributed by atoms with Crippen LogP contribution in [0.15, 0.2) is 48.7 Å². The van der Waals surface area contributed by atoms with Crippen molar-refractivity contribution in [2.75, 3.05) is 5.32 Å². The molecular formula is C21H21N5O2. The Morgan fingerprint density at radius 2 is 2.00 bits per heavy atom. The number of rotatable bonds is 4. The van der Waals surface area contributed by atoms with Crippen molar-refractivity contribution in [1.82, 2.24) is 20.0 Å². The van der Waals surface area contributed by atoms with Gasteiger partial charge < -0.3 is 10.4 Å². The van der Waals surface area contributed by atoms with E-state index >= 15 is 0 Å².